The number of carbonyl (C=O) groups is 2. The number of benzene rings is 1. The fourth-order valence-corrected chi connectivity index (χ4v) is 3.05. The molecule has 1 aliphatic heterocycles. The van der Waals surface area contributed by atoms with Gasteiger partial charge in [0.15, 0.2) is 0 Å². The molecule has 3 rings (SSSR count). The zero-order valence-electron chi connectivity index (χ0n) is 10.3. The first kappa shape index (κ1) is 12.6. The molecule has 0 aliphatic carbocycles. The van der Waals surface area contributed by atoms with E-state index in [0.29, 0.717) is 12.8 Å². The molecule has 1 aromatic carbocycles. The molecule has 1 saturated heterocycles. The molecule has 98 valence electrons. The van der Waals surface area contributed by atoms with E-state index in [1.165, 1.54) is 0 Å². The molecule has 5 nitrogen and oxygen atoms in total. The SMILES string of the molecule is Cn1nc2ccc(I)cc2c1C1CCC(=O)NC1=O. The molecule has 1 aromatic heterocycles. The standard InChI is InChI=1S/C13H12IN3O2/c1-17-12(8-3-5-11(18)15-13(8)19)9-6-7(14)2-4-10(9)16-17/h2,4,6,8H,3,5H2,1H3,(H,15,18,19). The second-order valence-corrected chi connectivity index (χ2v) is 5.92. The molecule has 6 heteroatoms. The maximum atomic E-state index is 12.0. The fourth-order valence-electron chi connectivity index (χ4n) is 2.56. The summed E-state index contributed by atoms with van der Waals surface area (Å²) in [6.45, 7) is 0. The van der Waals surface area contributed by atoms with Gasteiger partial charge in [0.25, 0.3) is 0 Å². The molecule has 2 amide bonds. The molecule has 1 aliphatic rings. The summed E-state index contributed by atoms with van der Waals surface area (Å²) in [6, 6.07) is 5.97. The Morgan fingerprint density at radius 2 is 2.21 bits per heavy atom. The Morgan fingerprint density at radius 3 is 2.95 bits per heavy atom. The Hall–Kier alpha value is -1.44. The molecule has 19 heavy (non-hydrogen) atoms. The van der Waals surface area contributed by atoms with Crippen molar-refractivity contribution in [2.24, 2.45) is 7.05 Å². The predicted molar refractivity (Wildman–Crippen MR) is 78.6 cm³/mol. The second-order valence-electron chi connectivity index (χ2n) is 4.67. The quantitative estimate of drug-likeness (QED) is 0.615. The molecule has 1 fully saturated rings. The minimum absolute atomic E-state index is 0.192. The van der Waals surface area contributed by atoms with E-state index < -0.39 is 0 Å². The maximum Gasteiger partial charge on any atom is 0.235 e. The molecule has 0 spiro atoms. The van der Waals surface area contributed by atoms with Gasteiger partial charge in [-0.05, 0) is 47.2 Å². The summed E-state index contributed by atoms with van der Waals surface area (Å²) in [4.78, 5) is 23.2. The third kappa shape index (κ3) is 2.13. The highest BCUT2D eigenvalue weighted by molar-refractivity contribution is 14.1. The van der Waals surface area contributed by atoms with Gasteiger partial charge >= 0.3 is 0 Å². The van der Waals surface area contributed by atoms with Crippen LogP contribution in [0.2, 0.25) is 0 Å². The van der Waals surface area contributed by atoms with Crippen LogP contribution in [0.25, 0.3) is 10.9 Å². The van der Waals surface area contributed by atoms with E-state index in [-0.39, 0.29) is 17.7 Å². The summed E-state index contributed by atoms with van der Waals surface area (Å²) in [5.41, 5.74) is 1.76. The summed E-state index contributed by atoms with van der Waals surface area (Å²) in [7, 11) is 1.84. The van der Waals surface area contributed by atoms with Gasteiger partial charge in [-0.25, -0.2) is 0 Å². The third-order valence-electron chi connectivity index (χ3n) is 3.41. The van der Waals surface area contributed by atoms with Gasteiger partial charge < -0.3 is 0 Å². The van der Waals surface area contributed by atoms with E-state index in [1.54, 1.807) is 4.68 Å². The number of halogens is 1. The number of rotatable bonds is 1. The van der Waals surface area contributed by atoms with Gasteiger partial charge in [-0.1, -0.05) is 0 Å². The monoisotopic (exact) mass is 369 g/mol. The van der Waals surface area contributed by atoms with E-state index in [9.17, 15) is 9.59 Å². The zero-order valence-corrected chi connectivity index (χ0v) is 12.5. The molecular formula is C13H12IN3O2. The Kier molecular flexibility index (Phi) is 3.04. The van der Waals surface area contributed by atoms with Crippen molar-refractivity contribution < 1.29 is 9.59 Å². The van der Waals surface area contributed by atoms with Gasteiger partial charge in [0, 0.05) is 22.4 Å². The van der Waals surface area contributed by atoms with Crippen molar-refractivity contribution >= 4 is 45.3 Å². The maximum absolute atomic E-state index is 12.0. The van der Waals surface area contributed by atoms with Crippen LogP contribution in [0.5, 0.6) is 0 Å². The number of imide groups is 1. The van der Waals surface area contributed by atoms with Crippen molar-refractivity contribution in [2.45, 2.75) is 18.8 Å². The average molecular weight is 369 g/mol. The van der Waals surface area contributed by atoms with Crippen LogP contribution in [0.15, 0.2) is 18.2 Å². The molecular weight excluding hydrogens is 357 g/mol. The van der Waals surface area contributed by atoms with Gasteiger partial charge in [-0.2, -0.15) is 5.10 Å². The number of piperidine rings is 1. The van der Waals surface area contributed by atoms with Crippen molar-refractivity contribution in [3.05, 3.63) is 27.5 Å². The number of amides is 2. The summed E-state index contributed by atoms with van der Waals surface area (Å²) < 4.78 is 2.85. The van der Waals surface area contributed by atoms with Crippen LogP contribution in [0.4, 0.5) is 0 Å². The van der Waals surface area contributed by atoms with E-state index in [2.05, 4.69) is 33.0 Å². The number of aryl methyl sites for hydroxylation is 1. The summed E-state index contributed by atoms with van der Waals surface area (Å²) in [5, 5.41) is 7.82. The normalized spacial score (nSPS) is 19.8. The molecule has 2 heterocycles. The van der Waals surface area contributed by atoms with Crippen LogP contribution >= 0.6 is 22.6 Å². The van der Waals surface area contributed by atoms with Gasteiger partial charge in [0.05, 0.1) is 17.1 Å². The molecule has 0 saturated carbocycles. The van der Waals surface area contributed by atoms with Crippen molar-refractivity contribution in [3.8, 4) is 0 Å². The van der Waals surface area contributed by atoms with E-state index in [0.717, 1.165) is 20.2 Å². The fraction of sp³-hybridized carbons (Fsp3) is 0.308. The van der Waals surface area contributed by atoms with E-state index in [4.69, 9.17) is 0 Å². The second kappa shape index (κ2) is 4.59. The highest BCUT2D eigenvalue weighted by Crippen LogP contribution is 2.31. The first-order valence-corrected chi connectivity index (χ1v) is 7.10. The number of carbonyl (C=O) groups excluding carboxylic acids is 2. The lowest BCUT2D eigenvalue weighted by Gasteiger charge is -2.21. The lowest BCUT2D eigenvalue weighted by molar-refractivity contribution is -0.134. The average Bonchev–Trinajstić information content (AvgIpc) is 2.65. The number of nitrogens with one attached hydrogen (secondary N) is 1. The van der Waals surface area contributed by atoms with Crippen LogP contribution < -0.4 is 5.32 Å². The van der Waals surface area contributed by atoms with Crippen LogP contribution in [0, 0.1) is 3.57 Å². The van der Waals surface area contributed by atoms with Gasteiger partial charge in [0.1, 0.15) is 0 Å². The predicted octanol–water partition coefficient (Wildman–Crippen LogP) is 1.70. The van der Waals surface area contributed by atoms with Crippen LogP contribution in [-0.2, 0) is 16.6 Å². The van der Waals surface area contributed by atoms with Crippen molar-refractivity contribution in [1.82, 2.24) is 15.1 Å². The molecule has 0 radical (unpaired) electrons. The molecule has 1 atom stereocenters. The van der Waals surface area contributed by atoms with E-state index in [1.807, 2.05) is 25.2 Å². The Bertz CT molecular complexity index is 692. The minimum atomic E-state index is -0.300. The van der Waals surface area contributed by atoms with Crippen LogP contribution in [0.1, 0.15) is 24.5 Å². The summed E-state index contributed by atoms with van der Waals surface area (Å²) in [5.74, 6) is -0.715. The Labute approximate surface area is 123 Å². The third-order valence-corrected chi connectivity index (χ3v) is 4.08. The Balaban J connectivity index is 2.14. The Morgan fingerprint density at radius 1 is 1.42 bits per heavy atom. The van der Waals surface area contributed by atoms with Gasteiger partial charge in [0.2, 0.25) is 11.8 Å². The van der Waals surface area contributed by atoms with Gasteiger partial charge in [-0.3, -0.25) is 19.6 Å². The number of fused-ring (bicyclic) bond motifs is 1. The summed E-state index contributed by atoms with van der Waals surface area (Å²) in [6.07, 6.45) is 0.928. The first-order valence-electron chi connectivity index (χ1n) is 6.02. The lowest BCUT2D eigenvalue weighted by Crippen LogP contribution is -2.40. The van der Waals surface area contributed by atoms with Crippen molar-refractivity contribution in [1.29, 1.82) is 0 Å². The number of hydrogen-bond donors (Lipinski definition) is 1. The van der Waals surface area contributed by atoms with Crippen LogP contribution in [0.3, 0.4) is 0 Å². The number of hydrogen-bond acceptors (Lipinski definition) is 3. The molecule has 0 bridgehead atoms. The number of nitrogens with zero attached hydrogens (tertiary/aromatic N) is 2. The van der Waals surface area contributed by atoms with Crippen molar-refractivity contribution in [2.75, 3.05) is 0 Å². The highest BCUT2D eigenvalue weighted by atomic mass is 127. The van der Waals surface area contributed by atoms with Gasteiger partial charge in [-0.15, -0.1) is 0 Å². The minimum Gasteiger partial charge on any atom is -0.296 e. The first-order chi connectivity index (χ1) is 9.06. The van der Waals surface area contributed by atoms with Crippen molar-refractivity contribution in [3.63, 3.8) is 0 Å². The number of aromatic nitrogens is 2. The topological polar surface area (TPSA) is 64.0 Å². The highest BCUT2D eigenvalue weighted by Gasteiger charge is 2.31. The molecule has 1 unspecified atom stereocenters. The van der Waals surface area contributed by atoms with Crippen LogP contribution in [-0.4, -0.2) is 21.6 Å². The smallest absolute Gasteiger partial charge is 0.235 e. The molecule has 1 N–H and O–H groups in total. The zero-order chi connectivity index (χ0) is 13.6. The largest absolute Gasteiger partial charge is 0.296 e. The lowest BCUT2D eigenvalue weighted by atomic mass is 9.92. The molecule has 2 aromatic rings. The van der Waals surface area contributed by atoms with E-state index >= 15 is 0 Å². The summed E-state index contributed by atoms with van der Waals surface area (Å²) >= 11 is 2.24.